The Morgan fingerprint density at radius 2 is 1.37 bits per heavy atom. The Kier molecular flexibility index (Phi) is 5.98. The van der Waals surface area contributed by atoms with E-state index in [9.17, 15) is 9.59 Å². The average molecular weight is 557 g/mol. The summed E-state index contributed by atoms with van der Waals surface area (Å²) < 4.78 is 3.94. The fraction of sp³-hybridized carbons (Fsp3) is 0.185. The number of thiophene rings is 1. The molecular weight excluding hydrogens is 537 g/mol. The Balaban J connectivity index is 1.31. The summed E-state index contributed by atoms with van der Waals surface area (Å²) in [5.41, 5.74) is 3.40. The zero-order valence-electron chi connectivity index (χ0n) is 20.0. The number of carbonyl (C=O) groups excluding carboxylic acids is 2. The van der Waals surface area contributed by atoms with Gasteiger partial charge in [0.05, 0.1) is 16.9 Å². The standard InChI is InChI=1S/C27H20N6O2S3/c34-19(16-8-3-1-4-9-16)14-36-26-30-28-23-22-18-12-7-13-21(18)38-24(22)33-25(32(23)26)29-31-27(33)37-15-20(35)17-10-5-2-6-11-17/h1-6,8-11H,7,12-15H2. The molecule has 0 spiro atoms. The molecule has 7 rings (SSSR count). The first-order chi connectivity index (χ1) is 18.7. The molecular formula is C27H20N6O2S3. The molecule has 0 fully saturated rings. The maximum absolute atomic E-state index is 12.8. The molecule has 1 aliphatic carbocycles. The van der Waals surface area contributed by atoms with Gasteiger partial charge in [0, 0.05) is 16.0 Å². The molecule has 0 unspecified atom stereocenters. The fourth-order valence-corrected chi connectivity index (χ4v) is 7.93. The normalized spacial score (nSPS) is 13.1. The zero-order valence-corrected chi connectivity index (χ0v) is 22.5. The number of hydrogen-bond acceptors (Lipinski definition) is 9. The van der Waals surface area contributed by atoms with Crippen LogP contribution in [0.2, 0.25) is 0 Å². The third kappa shape index (κ3) is 3.93. The number of hydrogen-bond donors (Lipinski definition) is 0. The maximum Gasteiger partial charge on any atom is 0.245 e. The van der Waals surface area contributed by atoms with Crippen molar-refractivity contribution < 1.29 is 9.59 Å². The number of aryl methyl sites for hydroxylation is 2. The highest BCUT2D eigenvalue weighted by molar-refractivity contribution is 8.00. The van der Waals surface area contributed by atoms with E-state index in [4.69, 9.17) is 0 Å². The molecule has 4 aromatic heterocycles. The summed E-state index contributed by atoms with van der Waals surface area (Å²) in [4.78, 5) is 28.0. The monoisotopic (exact) mass is 556 g/mol. The van der Waals surface area contributed by atoms with E-state index in [1.807, 2.05) is 69.5 Å². The van der Waals surface area contributed by atoms with Gasteiger partial charge in [-0.25, -0.2) is 8.80 Å². The van der Waals surface area contributed by atoms with Crippen LogP contribution < -0.4 is 0 Å². The van der Waals surface area contributed by atoms with Crippen LogP contribution in [0.15, 0.2) is 71.0 Å². The molecule has 0 saturated heterocycles. The zero-order chi connectivity index (χ0) is 25.6. The summed E-state index contributed by atoms with van der Waals surface area (Å²) in [5.74, 6) is 1.14. The second-order valence-electron chi connectivity index (χ2n) is 8.95. The molecule has 4 heterocycles. The van der Waals surface area contributed by atoms with Crippen molar-refractivity contribution in [2.45, 2.75) is 29.6 Å². The van der Waals surface area contributed by atoms with Crippen molar-refractivity contribution >= 4 is 68.1 Å². The number of fused-ring (bicyclic) bond motifs is 8. The average Bonchev–Trinajstić information content (AvgIpc) is 3.74. The summed E-state index contributed by atoms with van der Waals surface area (Å²) in [6.45, 7) is 0. The van der Waals surface area contributed by atoms with E-state index >= 15 is 0 Å². The van der Waals surface area contributed by atoms with E-state index in [1.165, 1.54) is 34.0 Å². The van der Waals surface area contributed by atoms with E-state index in [0.717, 1.165) is 35.1 Å². The quantitative estimate of drug-likeness (QED) is 0.181. The lowest BCUT2D eigenvalue weighted by Crippen LogP contribution is -2.05. The lowest BCUT2D eigenvalue weighted by Gasteiger charge is -2.06. The summed E-state index contributed by atoms with van der Waals surface area (Å²) >= 11 is 4.47. The molecule has 0 N–H and O–H groups in total. The van der Waals surface area contributed by atoms with Crippen molar-refractivity contribution in [2.24, 2.45) is 0 Å². The van der Waals surface area contributed by atoms with Gasteiger partial charge >= 0.3 is 0 Å². The molecule has 0 bridgehead atoms. The predicted molar refractivity (Wildman–Crippen MR) is 150 cm³/mol. The third-order valence-corrected chi connectivity index (χ3v) is 9.77. The molecule has 0 radical (unpaired) electrons. The summed E-state index contributed by atoms with van der Waals surface area (Å²) in [7, 11) is 0. The number of aromatic nitrogens is 6. The molecule has 0 amide bonds. The predicted octanol–water partition coefficient (Wildman–Crippen LogP) is 5.43. The Morgan fingerprint density at radius 3 is 2.03 bits per heavy atom. The third-order valence-electron chi connectivity index (χ3n) is 6.64. The van der Waals surface area contributed by atoms with Crippen LogP contribution in [0.1, 0.15) is 37.6 Å². The van der Waals surface area contributed by atoms with Gasteiger partial charge in [0.25, 0.3) is 0 Å². The summed E-state index contributed by atoms with van der Waals surface area (Å²) in [6.07, 6.45) is 3.16. The maximum atomic E-state index is 12.8. The number of Topliss-reactive ketones (excluding diaryl/α,β-unsaturated/α-hetero) is 2. The minimum Gasteiger partial charge on any atom is -0.293 e. The number of nitrogens with zero attached hydrogens (tertiary/aromatic N) is 6. The minimum atomic E-state index is 0.0259. The van der Waals surface area contributed by atoms with Crippen molar-refractivity contribution in [3.05, 3.63) is 82.2 Å². The van der Waals surface area contributed by atoms with Crippen LogP contribution in [0.5, 0.6) is 0 Å². The largest absolute Gasteiger partial charge is 0.293 e. The van der Waals surface area contributed by atoms with Crippen LogP contribution in [0.4, 0.5) is 0 Å². The van der Waals surface area contributed by atoms with E-state index in [1.54, 1.807) is 11.3 Å². The first-order valence-electron chi connectivity index (χ1n) is 12.2. The van der Waals surface area contributed by atoms with Crippen molar-refractivity contribution in [3.63, 3.8) is 0 Å². The van der Waals surface area contributed by atoms with Crippen molar-refractivity contribution in [2.75, 3.05) is 11.5 Å². The van der Waals surface area contributed by atoms with Crippen LogP contribution in [-0.2, 0) is 12.8 Å². The van der Waals surface area contributed by atoms with E-state index in [0.29, 0.717) is 27.2 Å². The smallest absolute Gasteiger partial charge is 0.245 e. The molecule has 2 aromatic carbocycles. The van der Waals surface area contributed by atoms with Crippen LogP contribution in [0, 0.1) is 0 Å². The number of rotatable bonds is 8. The molecule has 8 nitrogen and oxygen atoms in total. The highest BCUT2D eigenvalue weighted by atomic mass is 32.2. The number of thioether (sulfide) groups is 2. The van der Waals surface area contributed by atoms with Gasteiger partial charge in [-0.05, 0) is 24.8 Å². The topological polar surface area (TPSA) is 94.5 Å². The van der Waals surface area contributed by atoms with Gasteiger partial charge in [-0.2, -0.15) is 0 Å². The molecule has 38 heavy (non-hydrogen) atoms. The van der Waals surface area contributed by atoms with Gasteiger partial charge in [0.2, 0.25) is 5.78 Å². The van der Waals surface area contributed by atoms with E-state index < -0.39 is 0 Å². The van der Waals surface area contributed by atoms with Crippen molar-refractivity contribution in [1.29, 1.82) is 0 Å². The van der Waals surface area contributed by atoms with E-state index in [2.05, 4.69) is 20.4 Å². The molecule has 11 heteroatoms. The molecule has 0 saturated carbocycles. The number of carbonyl (C=O) groups is 2. The van der Waals surface area contributed by atoms with Crippen LogP contribution >= 0.6 is 34.9 Å². The van der Waals surface area contributed by atoms with Gasteiger partial charge in [0.15, 0.2) is 27.5 Å². The highest BCUT2D eigenvalue weighted by Gasteiger charge is 2.27. The lowest BCUT2D eigenvalue weighted by molar-refractivity contribution is 0.101. The van der Waals surface area contributed by atoms with Crippen LogP contribution in [0.25, 0.3) is 21.6 Å². The van der Waals surface area contributed by atoms with Gasteiger partial charge < -0.3 is 0 Å². The highest BCUT2D eigenvalue weighted by Crippen LogP contribution is 2.41. The van der Waals surface area contributed by atoms with Crippen molar-refractivity contribution in [1.82, 2.24) is 29.2 Å². The second kappa shape index (κ2) is 9.64. The second-order valence-corrected chi connectivity index (χ2v) is 11.9. The minimum absolute atomic E-state index is 0.0259. The van der Waals surface area contributed by atoms with Crippen molar-refractivity contribution in [3.8, 4) is 0 Å². The number of benzene rings is 2. The lowest BCUT2D eigenvalue weighted by atomic mass is 10.2. The van der Waals surface area contributed by atoms with Crippen LogP contribution in [0.3, 0.4) is 0 Å². The van der Waals surface area contributed by atoms with E-state index in [-0.39, 0.29) is 23.1 Å². The first-order valence-corrected chi connectivity index (χ1v) is 15.0. The Hall–Kier alpha value is -3.54. The molecule has 0 aliphatic heterocycles. The molecule has 188 valence electrons. The van der Waals surface area contributed by atoms with Gasteiger partial charge in [0.1, 0.15) is 4.83 Å². The Morgan fingerprint density at radius 1 is 0.763 bits per heavy atom. The Bertz CT molecular complexity index is 1840. The molecule has 6 aromatic rings. The Labute approximate surface area is 229 Å². The van der Waals surface area contributed by atoms with Crippen LogP contribution in [-0.4, -0.2) is 52.3 Å². The molecule has 0 atom stereocenters. The van der Waals surface area contributed by atoms with Gasteiger partial charge in [-0.3, -0.25) is 9.59 Å². The van der Waals surface area contributed by atoms with Gasteiger partial charge in [-0.15, -0.1) is 31.7 Å². The van der Waals surface area contributed by atoms with Gasteiger partial charge in [-0.1, -0.05) is 84.2 Å². The first kappa shape index (κ1) is 23.6. The summed E-state index contributed by atoms with van der Waals surface area (Å²) in [5, 5.41) is 20.4. The fourth-order valence-electron chi connectivity index (χ4n) is 4.84. The number of ketones is 2. The SMILES string of the molecule is O=C(CSc1nnc2c3c4c(sc3n3c(SCC(=O)c5ccccc5)nnc3n12)CCC4)c1ccccc1. The summed E-state index contributed by atoms with van der Waals surface area (Å²) in [6, 6.07) is 18.5. The molecule has 1 aliphatic rings.